The molecule has 11 rings (SSSR count). The van der Waals surface area contributed by atoms with E-state index in [1.807, 2.05) is 11.3 Å². The summed E-state index contributed by atoms with van der Waals surface area (Å²) in [6.07, 6.45) is 10.7. The van der Waals surface area contributed by atoms with Gasteiger partial charge in [-0.15, -0.1) is 11.3 Å². The average Bonchev–Trinajstić information content (AvgIpc) is 3.76. The zero-order valence-corrected chi connectivity index (χ0v) is 29.5. The van der Waals surface area contributed by atoms with Gasteiger partial charge < -0.3 is 4.57 Å². The van der Waals surface area contributed by atoms with Crippen molar-refractivity contribution >= 4 is 65.5 Å². The van der Waals surface area contributed by atoms with Crippen molar-refractivity contribution in [2.45, 2.75) is 19.3 Å². The van der Waals surface area contributed by atoms with Gasteiger partial charge in [-0.2, -0.15) is 0 Å². The van der Waals surface area contributed by atoms with Crippen LogP contribution in [-0.2, 0) is 12.8 Å². The quantitative estimate of drug-likeness (QED) is 0.163. The molecule has 1 unspecified atom stereocenters. The van der Waals surface area contributed by atoms with E-state index in [1.54, 1.807) is 5.56 Å². The van der Waals surface area contributed by atoms with Crippen molar-refractivity contribution < 1.29 is 0 Å². The lowest BCUT2D eigenvalue weighted by atomic mass is 9.82. The van der Waals surface area contributed by atoms with Gasteiger partial charge in [0, 0.05) is 32.3 Å². The number of hydrogen-bond acceptors (Lipinski definition) is 1. The zero-order valence-electron chi connectivity index (χ0n) is 28.7. The Bertz CT molecular complexity index is 2920. The number of rotatable bonds is 4. The summed E-state index contributed by atoms with van der Waals surface area (Å²) >= 11 is 1.98. The molecule has 9 aromatic rings. The van der Waals surface area contributed by atoms with Crippen molar-refractivity contribution in [2.75, 3.05) is 0 Å². The van der Waals surface area contributed by atoms with Gasteiger partial charge in [0.25, 0.3) is 0 Å². The van der Waals surface area contributed by atoms with Crippen LogP contribution in [0.25, 0.3) is 82.1 Å². The number of thiophene rings is 1. The van der Waals surface area contributed by atoms with E-state index in [4.69, 9.17) is 0 Å². The first-order chi connectivity index (χ1) is 25.8. The minimum Gasteiger partial charge on any atom is -0.310 e. The van der Waals surface area contributed by atoms with Gasteiger partial charge in [0.1, 0.15) is 0 Å². The van der Waals surface area contributed by atoms with E-state index < -0.39 is 0 Å². The van der Waals surface area contributed by atoms with Crippen LogP contribution >= 0.6 is 11.3 Å². The molecule has 0 aliphatic heterocycles. The van der Waals surface area contributed by atoms with Crippen LogP contribution in [0.5, 0.6) is 0 Å². The van der Waals surface area contributed by atoms with E-state index in [1.165, 1.54) is 92.2 Å². The monoisotopic (exact) mass is 681 g/mol. The Hall–Kier alpha value is -5.96. The molecule has 2 aliphatic carbocycles. The maximum absolute atomic E-state index is 2.53. The summed E-state index contributed by atoms with van der Waals surface area (Å²) < 4.78 is 3.93. The number of aryl methyl sites for hydroxylation is 1. The Morgan fingerprint density at radius 1 is 0.538 bits per heavy atom. The largest absolute Gasteiger partial charge is 0.310 e. The predicted molar refractivity (Wildman–Crippen MR) is 224 cm³/mol. The number of nitrogens with zero attached hydrogens (tertiary/aromatic N) is 1. The second-order valence-electron chi connectivity index (χ2n) is 14.2. The molecular weight excluding hydrogens is 647 g/mol. The normalized spacial score (nSPS) is 15.3. The lowest BCUT2D eigenvalue weighted by Gasteiger charge is -2.24. The van der Waals surface area contributed by atoms with E-state index in [2.05, 4.69) is 174 Å². The molecule has 0 N–H and O–H groups in total. The van der Waals surface area contributed by atoms with Crippen molar-refractivity contribution in [2.24, 2.45) is 5.92 Å². The number of aromatic nitrogens is 1. The Morgan fingerprint density at radius 2 is 1.15 bits per heavy atom. The molecule has 0 saturated heterocycles. The summed E-state index contributed by atoms with van der Waals surface area (Å²) in [5, 5.41) is 7.91. The SMILES string of the molecule is C1=CC(C2=CCCc3c2sc2ccccc32)Cc2c1n(-c1ccc3c(-c4ccccc4)c4ccccc4c(-c4ccccc4)c3c1)c1ccccc21. The minimum absolute atomic E-state index is 0.361. The summed E-state index contributed by atoms with van der Waals surface area (Å²) in [7, 11) is 0. The molecule has 2 aromatic heterocycles. The van der Waals surface area contributed by atoms with E-state index in [0.717, 1.165) is 19.3 Å². The van der Waals surface area contributed by atoms with Crippen molar-refractivity contribution in [3.8, 4) is 27.9 Å². The van der Waals surface area contributed by atoms with E-state index >= 15 is 0 Å². The highest BCUT2D eigenvalue weighted by Crippen LogP contribution is 2.48. The molecule has 0 radical (unpaired) electrons. The van der Waals surface area contributed by atoms with Crippen LogP contribution < -0.4 is 0 Å². The minimum atomic E-state index is 0.361. The number of hydrogen-bond donors (Lipinski definition) is 0. The third-order valence-corrected chi connectivity index (χ3v) is 12.7. The molecule has 7 aromatic carbocycles. The number of para-hydroxylation sites is 1. The smallest absolute Gasteiger partial charge is 0.0537 e. The highest BCUT2D eigenvalue weighted by molar-refractivity contribution is 7.20. The van der Waals surface area contributed by atoms with Crippen molar-refractivity contribution in [1.82, 2.24) is 4.57 Å². The van der Waals surface area contributed by atoms with Crippen LogP contribution in [0.4, 0.5) is 0 Å². The molecule has 0 saturated carbocycles. The van der Waals surface area contributed by atoms with Gasteiger partial charge in [0.2, 0.25) is 0 Å². The fourth-order valence-corrected chi connectivity index (χ4v) is 10.6. The Balaban J connectivity index is 1.12. The molecule has 52 heavy (non-hydrogen) atoms. The molecule has 0 spiro atoms. The summed E-state index contributed by atoms with van der Waals surface area (Å²) in [6, 6.07) is 56.0. The van der Waals surface area contributed by atoms with Gasteiger partial charge in [0.15, 0.2) is 0 Å². The Labute approximate surface area is 307 Å². The maximum Gasteiger partial charge on any atom is 0.0537 e. The lowest BCUT2D eigenvalue weighted by molar-refractivity contribution is 0.803. The van der Waals surface area contributed by atoms with Crippen LogP contribution in [-0.4, -0.2) is 4.57 Å². The third-order valence-electron chi connectivity index (χ3n) is 11.4. The molecule has 0 amide bonds. The molecule has 0 fully saturated rings. The second kappa shape index (κ2) is 11.8. The number of benzene rings is 7. The third kappa shape index (κ3) is 4.47. The Kier molecular flexibility index (Phi) is 6.75. The van der Waals surface area contributed by atoms with E-state index in [-0.39, 0.29) is 0 Å². The first-order valence-electron chi connectivity index (χ1n) is 18.4. The van der Waals surface area contributed by atoms with Gasteiger partial charge in [0.05, 0.1) is 5.52 Å². The van der Waals surface area contributed by atoms with Gasteiger partial charge in [-0.25, -0.2) is 0 Å². The first kappa shape index (κ1) is 29.7. The molecule has 2 heterocycles. The summed E-state index contributed by atoms with van der Waals surface area (Å²) in [5.74, 6) is 0.361. The Morgan fingerprint density at radius 3 is 1.90 bits per heavy atom. The fraction of sp³-hybridized carbons (Fsp3) is 0.0800. The number of fused-ring (bicyclic) bond motifs is 8. The topological polar surface area (TPSA) is 4.93 Å². The first-order valence-corrected chi connectivity index (χ1v) is 19.2. The summed E-state index contributed by atoms with van der Waals surface area (Å²) in [6.45, 7) is 0. The molecule has 2 aliphatic rings. The van der Waals surface area contributed by atoms with Gasteiger partial charge in [-0.1, -0.05) is 140 Å². The fourth-order valence-electron chi connectivity index (χ4n) is 9.20. The highest BCUT2D eigenvalue weighted by atomic mass is 32.1. The number of allylic oxidation sites excluding steroid dienone is 3. The summed E-state index contributed by atoms with van der Waals surface area (Å²) in [4.78, 5) is 1.50. The molecule has 1 nitrogen and oxygen atoms in total. The van der Waals surface area contributed by atoms with Gasteiger partial charge in [-0.3, -0.25) is 0 Å². The average molecular weight is 682 g/mol. The van der Waals surface area contributed by atoms with Crippen LogP contribution in [0.15, 0.2) is 164 Å². The van der Waals surface area contributed by atoms with Gasteiger partial charge >= 0.3 is 0 Å². The second-order valence-corrected chi connectivity index (χ2v) is 15.3. The van der Waals surface area contributed by atoms with Crippen LogP contribution in [0.3, 0.4) is 0 Å². The molecule has 246 valence electrons. The van der Waals surface area contributed by atoms with Gasteiger partial charge in [-0.05, 0) is 115 Å². The van der Waals surface area contributed by atoms with E-state index in [9.17, 15) is 0 Å². The standard InChI is InChI=1S/C50H35NS/c1-3-14-32(15-4-1)48-39-20-7-8-21-40(39)49(33-16-5-2-6-17-33)44-31-35(27-28-41(44)48)51-45-24-11-9-18-37(45)43-30-34(26-29-46(43)51)36-22-13-23-42-38-19-10-12-25-47(38)52-50(36)42/h1-12,14-22,24-29,31,34H,13,23,30H2. The molecular formula is C50H35NS. The van der Waals surface area contributed by atoms with Crippen molar-refractivity contribution in [3.05, 3.63) is 186 Å². The highest BCUT2D eigenvalue weighted by Gasteiger charge is 2.29. The van der Waals surface area contributed by atoms with Crippen LogP contribution in [0, 0.1) is 5.92 Å². The van der Waals surface area contributed by atoms with E-state index in [0.29, 0.717) is 5.92 Å². The van der Waals surface area contributed by atoms with Crippen molar-refractivity contribution in [3.63, 3.8) is 0 Å². The van der Waals surface area contributed by atoms with Crippen LogP contribution in [0.1, 0.15) is 28.1 Å². The summed E-state index contributed by atoms with van der Waals surface area (Å²) in [5.41, 5.74) is 13.3. The molecule has 0 bridgehead atoms. The maximum atomic E-state index is 2.53. The molecule has 1 atom stereocenters. The van der Waals surface area contributed by atoms with Crippen molar-refractivity contribution in [1.29, 1.82) is 0 Å². The predicted octanol–water partition coefficient (Wildman–Crippen LogP) is 13.7. The van der Waals surface area contributed by atoms with Crippen LogP contribution in [0.2, 0.25) is 0 Å². The molecule has 2 heteroatoms. The zero-order chi connectivity index (χ0) is 34.2. The lowest BCUT2D eigenvalue weighted by Crippen LogP contribution is -2.12.